The predicted molar refractivity (Wildman–Crippen MR) is 302 cm³/mol. The first kappa shape index (κ1) is 66.3. The minimum atomic E-state index is -0.787. The molecule has 0 rings (SSSR count). The van der Waals surface area contributed by atoms with E-state index in [4.69, 9.17) is 14.2 Å². The van der Waals surface area contributed by atoms with Gasteiger partial charge >= 0.3 is 17.9 Å². The molecule has 0 aliphatic heterocycles. The van der Waals surface area contributed by atoms with Crippen molar-refractivity contribution >= 4 is 17.9 Å². The zero-order chi connectivity index (χ0) is 50.7. The van der Waals surface area contributed by atoms with Crippen molar-refractivity contribution in [2.24, 2.45) is 0 Å². The van der Waals surface area contributed by atoms with Gasteiger partial charge in [0, 0.05) is 19.3 Å². The number of hydrogen-bond acceptors (Lipinski definition) is 6. The van der Waals surface area contributed by atoms with Crippen LogP contribution in [0.25, 0.3) is 0 Å². The Morgan fingerprint density at radius 3 is 0.871 bits per heavy atom. The van der Waals surface area contributed by atoms with Crippen LogP contribution in [-0.2, 0) is 28.6 Å². The summed E-state index contributed by atoms with van der Waals surface area (Å²) in [6.07, 6.45) is 76.8. The van der Waals surface area contributed by atoms with Crippen LogP contribution < -0.4 is 0 Å². The van der Waals surface area contributed by atoms with Crippen LogP contribution in [0.15, 0.2) is 97.2 Å². The molecule has 0 heterocycles. The third kappa shape index (κ3) is 55.3. The van der Waals surface area contributed by atoms with E-state index in [1.54, 1.807) is 0 Å². The highest BCUT2D eigenvalue weighted by atomic mass is 16.6. The van der Waals surface area contributed by atoms with Crippen molar-refractivity contribution < 1.29 is 28.6 Å². The van der Waals surface area contributed by atoms with Gasteiger partial charge in [0.2, 0.25) is 0 Å². The standard InChI is InChI=1S/C64H108O6/c1-4-7-10-13-16-19-22-25-27-29-30-31-32-33-34-36-37-39-42-45-48-51-54-57-63(66)69-60-61(59-68-62(65)56-53-50-47-44-41-24-21-18-15-12-9-6-3)70-64(67)58-55-52-49-46-43-40-38-35-28-26-23-20-17-14-11-8-5-2/h7-8,10-11,16-17,19-20,25-28,30-31,33-34,61H,4-6,9,12-15,18,21-24,29,32,35-60H2,1-3H3/b10-7-,11-8-,19-16-,20-17-,27-25-,28-26-,31-30-,34-33-. The van der Waals surface area contributed by atoms with Gasteiger partial charge in [-0.15, -0.1) is 0 Å². The first-order valence-corrected chi connectivity index (χ1v) is 29.2. The lowest BCUT2D eigenvalue weighted by Crippen LogP contribution is -2.30. The van der Waals surface area contributed by atoms with E-state index < -0.39 is 6.10 Å². The average Bonchev–Trinajstić information content (AvgIpc) is 3.36. The van der Waals surface area contributed by atoms with Crippen molar-refractivity contribution in [2.75, 3.05) is 13.2 Å². The highest BCUT2D eigenvalue weighted by Crippen LogP contribution is 2.15. The Balaban J connectivity index is 4.37. The van der Waals surface area contributed by atoms with Gasteiger partial charge in [-0.3, -0.25) is 14.4 Å². The van der Waals surface area contributed by atoms with E-state index in [0.717, 1.165) is 122 Å². The molecular formula is C64H108O6. The van der Waals surface area contributed by atoms with Crippen molar-refractivity contribution in [1.82, 2.24) is 0 Å². The fourth-order valence-electron chi connectivity index (χ4n) is 8.01. The molecule has 0 aromatic rings. The second-order valence-electron chi connectivity index (χ2n) is 19.1. The van der Waals surface area contributed by atoms with Crippen LogP contribution in [-0.4, -0.2) is 37.2 Å². The van der Waals surface area contributed by atoms with Crippen LogP contribution in [0.2, 0.25) is 0 Å². The van der Waals surface area contributed by atoms with E-state index in [1.165, 1.54) is 109 Å². The second kappa shape index (κ2) is 57.9. The van der Waals surface area contributed by atoms with Crippen LogP contribution in [0.4, 0.5) is 0 Å². The summed E-state index contributed by atoms with van der Waals surface area (Å²) in [6, 6.07) is 0. The highest BCUT2D eigenvalue weighted by Gasteiger charge is 2.19. The Labute approximate surface area is 432 Å². The Kier molecular flexibility index (Phi) is 54.9. The van der Waals surface area contributed by atoms with Crippen molar-refractivity contribution in [2.45, 2.75) is 277 Å². The fourth-order valence-corrected chi connectivity index (χ4v) is 8.01. The molecule has 6 nitrogen and oxygen atoms in total. The van der Waals surface area contributed by atoms with Crippen LogP contribution in [0.5, 0.6) is 0 Å². The summed E-state index contributed by atoms with van der Waals surface area (Å²) in [5, 5.41) is 0. The molecule has 0 N–H and O–H groups in total. The Morgan fingerprint density at radius 1 is 0.300 bits per heavy atom. The average molecular weight is 974 g/mol. The molecule has 0 aliphatic rings. The second-order valence-corrected chi connectivity index (χ2v) is 19.1. The maximum Gasteiger partial charge on any atom is 0.306 e. The minimum absolute atomic E-state index is 0.0836. The van der Waals surface area contributed by atoms with Crippen LogP contribution in [0, 0.1) is 0 Å². The summed E-state index contributed by atoms with van der Waals surface area (Å²) in [5.74, 6) is -0.900. The van der Waals surface area contributed by atoms with E-state index in [9.17, 15) is 14.4 Å². The predicted octanol–water partition coefficient (Wildman–Crippen LogP) is 19.7. The zero-order valence-corrected chi connectivity index (χ0v) is 45.8. The maximum atomic E-state index is 12.9. The van der Waals surface area contributed by atoms with Crippen molar-refractivity contribution in [3.05, 3.63) is 97.2 Å². The number of carbonyl (C=O) groups is 3. The summed E-state index contributed by atoms with van der Waals surface area (Å²) in [4.78, 5) is 38.2. The molecule has 70 heavy (non-hydrogen) atoms. The van der Waals surface area contributed by atoms with Gasteiger partial charge in [-0.05, 0) is 96.3 Å². The van der Waals surface area contributed by atoms with Gasteiger partial charge in [-0.1, -0.05) is 253 Å². The molecule has 6 heteroatoms. The molecule has 0 aromatic heterocycles. The Hall–Kier alpha value is -3.67. The summed E-state index contributed by atoms with van der Waals surface area (Å²) in [5.41, 5.74) is 0. The molecule has 0 saturated heterocycles. The number of esters is 3. The van der Waals surface area contributed by atoms with Gasteiger partial charge in [-0.25, -0.2) is 0 Å². The van der Waals surface area contributed by atoms with Crippen LogP contribution in [0.3, 0.4) is 0 Å². The Bertz CT molecular complexity index is 1400. The molecule has 1 atom stereocenters. The molecule has 0 spiro atoms. The van der Waals surface area contributed by atoms with Gasteiger partial charge in [0.05, 0.1) is 0 Å². The number of allylic oxidation sites excluding steroid dienone is 16. The molecule has 0 radical (unpaired) electrons. The van der Waals surface area contributed by atoms with Gasteiger partial charge in [0.25, 0.3) is 0 Å². The highest BCUT2D eigenvalue weighted by molar-refractivity contribution is 5.71. The molecule has 0 saturated carbocycles. The summed E-state index contributed by atoms with van der Waals surface area (Å²) in [7, 11) is 0. The summed E-state index contributed by atoms with van der Waals surface area (Å²) >= 11 is 0. The number of ether oxygens (including phenoxy) is 3. The largest absolute Gasteiger partial charge is 0.462 e. The molecule has 0 fully saturated rings. The van der Waals surface area contributed by atoms with E-state index in [0.29, 0.717) is 19.3 Å². The topological polar surface area (TPSA) is 78.9 Å². The normalized spacial score (nSPS) is 12.8. The van der Waals surface area contributed by atoms with E-state index in [2.05, 4.69) is 118 Å². The SMILES string of the molecule is CC/C=C\C/C=C\C/C=C\C/C=C\C/C=C\CCCCCCCCCC(=O)OCC(COC(=O)CCCCCCCCCCCCCC)OC(=O)CCCCCCCCC/C=C\C/C=C\C/C=C\CC. The summed E-state index contributed by atoms with van der Waals surface area (Å²) < 4.78 is 16.9. The lowest BCUT2D eigenvalue weighted by molar-refractivity contribution is -0.167. The van der Waals surface area contributed by atoms with Crippen molar-refractivity contribution in [3.8, 4) is 0 Å². The lowest BCUT2D eigenvalue weighted by Gasteiger charge is -2.18. The van der Waals surface area contributed by atoms with Crippen molar-refractivity contribution in [1.29, 1.82) is 0 Å². The lowest BCUT2D eigenvalue weighted by atomic mass is 10.0. The van der Waals surface area contributed by atoms with Crippen molar-refractivity contribution in [3.63, 3.8) is 0 Å². The first-order chi connectivity index (χ1) is 34.5. The molecule has 400 valence electrons. The van der Waals surface area contributed by atoms with E-state index in [1.807, 2.05) is 0 Å². The molecule has 0 aliphatic carbocycles. The fraction of sp³-hybridized carbons (Fsp3) is 0.703. The van der Waals surface area contributed by atoms with E-state index >= 15 is 0 Å². The zero-order valence-electron chi connectivity index (χ0n) is 45.8. The number of rotatable bonds is 52. The number of unbranched alkanes of at least 4 members (excludes halogenated alkanes) is 25. The number of carbonyl (C=O) groups excluding carboxylic acids is 3. The molecule has 0 aromatic carbocycles. The number of hydrogen-bond donors (Lipinski definition) is 0. The molecular weight excluding hydrogens is 865 g/mol. The smallest absolute Gasteiger partial charge is 0.306 e. The van der Waals surface area contributed by atoms with Gasteiger partial charge in [-0.2, -0.15) is 0 Å². The van der Waals surface area contributed by atoms with E-state index in [-0.39, 0.29) is 31.1 Å². The van der Waals surface area contributed by atoms with Gasteiger partial charge < -0.3 is 14.2 Å². The molecule has 0 amide bonds. The molecule has 0 bridgehead atoms. The first-order valence-electron chi connectivity index (χ1n) is 29.2. The monoisotopic (exact) mass is 973 g/mol. The Morgan fingerprint density at radius 2 is 0.557 bits per heavy atom. The van der Waals surface area contributed by atoms with Crippen LogP contribution in [0.1, 0.15) is 271 Å². The van der Waals surface area contributed by atoms with Gasteiger partial charge in [0.15, 0.2) is 6.10 Å². The minimum Gasteiger partial charge on any atom is -0.462 e. The maximum absolute atomic E-state index is 12.9. The molecule has 1 unspecified atom stereocenters. The third-order valence-electron chi connectivity index (χ3n) is 12.3. The third-order valence-corrected chi connectivity index (χ3v) is 12.3. The summed E-state index contributed by atoms with van der Waals surface area (Å²) in [6.45, 7) is 6.41. The van der Waals surface area contributed by atoms with Gasteiger partial charge in [0.1, 0.15) is 13.2 Å². The van der Waals surface area contributed by atoms with Crippen LogP contribution >= 0.6 is 0 Å². The quantitative estimate of drug-likeness (QED) is 0.0262.